The van der Waals surface area contributed by atoms with E-state index >= 15 is 0 Å². The van der Waals surface area contributed by atoms with Crippen molar-refractivity contribution in [1.82, 2.24) is 4.90 Å². The molecule has 1 saturated heterocycles. The number of benzene rings is 3. The second-order valence-corrected chi connectivity index (χ2v) is 11.4. The molecule has 3 aromatic rings. The Kier molecular flexibility index (Phi) is 6.67. The maximum Gasteiger partial charge on any atom is 0.254 e. The number of rotatable bonds is 5. The minimum Gasteiger partial charge on any atom is -0.497 e. The van der Waals surface area contributed by atoms with Gasteiger partial charge in [0.15, 0.2) is 5.78 Å². The molecule has 2 aliphatic heterocycles. The van der Waals surface area contributed by atoms with Crippen molar-refractivity contribution >= 4 is 17.4 Å². The lowest BCUT2D eigenvalue weighted by atomic mass is 9.57. The first-order valence-corrected chi connectivity index (χ1v) is 13.9. The summed E-state index contributed by atoms with van der Waals surface area (Å²) in [5, 5.41) is 10.7. The summed E-state index contributed by atoms with van der Waals surface area (Å²) >= 11 is 0. The molecule has 6 heteroatoms. The van der Waals surface area contributed by atoms with Crippen molar-refractivity contribution in [2.45, 2.75) is 43.7 Å². The molecule has 39 heavy (non-hydrogen) atoms. The van der Waals surface area contributed by atoms with Crippen LogP contribution in [0.5, 0.6) is 5.75 Å². The summed E-state index contributed by atoms with van der Waals surface area (Å²) in [7, 11) is 3.74. The first-order chi connectivity index (χ1) is 19.0. The van der Waals surface area contributed by atoms with E-state index in [2.05, 4.69) is 24.1 Å². The second kappa shape index (κ2) is 10.2. The molecule has 3 atom stereocenters. The summed E-state index contributed by atoms with van der Waals surface area (Å²) in [6.45, 7) is 0.457. The third kappa shape index (κ3) is 4.22. The molecule has 6 nitrogen and oxygen atoms in total. The predicted molar refractivity (Wildman–Crippen MR) is 151 cm³/mol. The number of likely N-dealkylation sites (N-methyl/N-ethyl adjacent to an activating group) is 1. The van der Waals surface area contributed by atoms with E-state index in [9.17, 15) is 14.7 Å². The van der Waals surface area contributed by atoms with Gasteiger partial charge in [0.1, 0.15) is 5.75 Å². The Labute approximate surface area is 230 Å². The lowest BCUT2D eigenvalue weighted by molar-refractivity contribution is -0.0262. The number of nitrogens with zero attached hydrogens (tertiary/aromatic N) is 2. The minimum atomic E-state index is -0.347. The quantitative estimate of drug-likeness (QED) is 0.466. The zero-order valence-corrected chi connectivity index (χ0v) is 22.6. The number of hydrogen-bond donors (Lipinski definition) is 1. The first-order valence-electron chi connectivity index (χ1n) is 13.9. The lowest BCUT2D eigenvalue weighted by Gasteiger charge is -2.56. The van der Waals surface area contributed by atoms with E-state index in [0.29, 0.717) is 12.1 Å². The Morgan fingerprint density at radius 3 is 2.21 bits per heavy atom. The number of ketones is 1. The van der Waals surface area contributed by atoms with Gasteiger partial charge in [0, 0.05) is 48.3 Å². The Balaban J connectivity index is 1.39. The molecular weight excluding hydrogens is 488 g/mol. The van der Waals surface area contributed by atoms with E-state index in [1.165, 1.54) is 5.56 Å². The summed E-state index contributed by atoms with van der Waals surface area (Å²) in [5.41, 5.74) is 3.57. The van der Waals surface area contributed by atoms with Crippen LogP contribution in [-0.2, 0) is 0 Å². The number of carbonyl (C=O) groups excluding carboxylic acids is 2. The van der Waals surface area contributed by atoms with Gasteiger partial charge in [0.25, 0.3) is 5.91 Å². The topological polar surface area (TPSA) is 70.1 Å². The summed E-state index contributed by atoms with van der Waals surface area (Å²) in [5.74, 6) is 1.10. The second-order valence-electron chi connectivity index (χ2n) is 11.4. The number of aliphatic hydroxyl groups is 1. The summed E-state index contributed by atoms with van der Waals surface area (Å²) < 4.78 is 5.55. The fraction of sp³-hybridized carbons (Fsp3) is 0.394. The number of anilines is 1. The number of carbonyl (C=O) groups is 2. The van der Waals surface area contributed by atoms with Crippen LogP contribution in [0.4, 0.5) is 5.69 Å². The van der Waals surface area contributed by atoms with E-state index in [1.54, 1.807) is 7.11 Å². The molecule has 2 heterocycles. The molecule has 1 saturated carbocycles. The molecule has 6 rings (SSSR count). The largest absolute Gasteiger partial charge is 0.497 e. The summed E-state index contributed by atoms with van der Waals surface area (Å²) in [4.78, 5) is 31.5. The molecule has 1 spiro atoms. The van der Waals surface area contributed by atoms with Crippen LogP contribution in [0.15, 0.2) is 78.9 Å². The lowest BCUT2D eigenvalue weighted by Crippen LogP contribution is -2.65. The zero-order valence-electron chi connectivity index (χ0n) is 22.6. The molecule has 202 valence electrons. The van der Waals surface area contributed by atoms with E-state index in [0.717, 1.165) is 42.7 Å². The van der Waals surface area contributed by atoms with Crippen LogP contribution in [0.25, 0.3) is 0 Å². The van der Waals surface area contributed by atoms with E-state index in [-0.39, 0.29) is 47.6 Å². The molecule has 1 aliphatic carbocycles. The summed E-state index contributed by atoms with van der Waals surface area (Å²) in [6.07, 6.45) is 3.30. The monoisotopic (exact) mass is 524 g/mol. The smallest absolute Gasteiger partial charge is 0.254 e. The SMILES string of the molecule is COc1ccc2c(c1)N(C)C1C(CO)N(C(=O)c3ccccc3)CC3(CCC(C(=O)c4ccccc4)CC3)C21. The van der Waals surface area contributed by atoms with Crippen molar-refractivity contribution < 1.29 is 19.4 Å². The van der Waals surface area contributed by atoms with Gasteiger partial charge < -0.3 is 19.6 Å². The van der Waals surface area contributed by atoms with E-state index < -0.39 is 0 Å². The number of methoxy groups -OCH3 is 1. The van der Waals surface area contributed by atoms with Crippen LogP contribution in [0.3, 0.4) is 0 Å². The Bertz CT molecular complexity index is 1350. The maximum absolute atomic E-state index is 13.9. The van der Waals surface area contributed by atoms with Crippen LogP contribution in [0.1, 0.15) is 57.9 Å². The van der Waals surface area contributed by atoms with Gasteiger partial charge in [-0.3, -0.25) is 9.59 Å². The van der Waals surface area contributed by atoms with Gasteiger partial charge in [-0.05, 0) is 54.9 Å². The Morgan fingerprint density at radius 1 is 0.949 bits per heavy atom. The number of hydrogen-bond acceptors (Lipinski definition) is 5. The predicted octanol–water partition coefficient (Wildman–Crippen LogP) is 5.17. The van der Waals surface area contributed by atoms with Gasteiger partial charge in [-0.25, -0.2) is 0 Å². The van der Waals surface area contributed by atoms with Crippen molar-refractivity contribution in [1.29, 1.82) is 0 Å². The number of likely N-dealkylation sites (tertiary alicyclic amines) is 1. The molecular formula is C33H36N2O4. The normalized spacial score (nSPS) is 27.7. The molecule has 3 aromatic carbocycles. The van der Waals surface area contributed by atoms with Gasteiger partial charge in [-0.15, -0.1) is 0 Å². The molecule has 0 radical (unpaired) electrons. The first kappa shape index (κ1) is 25.6. The highest BCUT2D eigenvalue weighted by atomic mass is 16.5. The van der Waals surface area contributed by atoms with Gasteiger partial charge >= 0.3 is 0 Å². The fourth-order valence-electron chi connectivity index (χ4n) is 7.64. The molecule has 1 N–H and O–H groups in total. The molecule has 3 aliphatic rings. The number of Topliss-reactive ketones (excluding diaryl/α,β-unsaturated/α-hetero) is 1. The highest BCUT2D eigenvalue weighted by Gasteiger charge is 2.59. The van der Waals surface area contributed by atoms with Crippen molar-refractivity contribution in [3.05, 3.63) is 95.6 Å². The van der Waals surface area contributed by atoms with E-state index in [4.69, 9.17) is 4.74 Å². The van der Waals surface area contributed by atoms with Gasteiger partial charge in [0.05, 0.1) is 25.8 Å². The highest BCUT2D eigenvalue weighted by Crippen LogP contribution is 2.60. The molecule has 3 unspecified atom stereocenters. The highest BCUT2D eigenvalue weighted by molar-refractivity contribution is 5.98. The average Bonchev–Trinajstić information content (AvgIpc) is 3.30. The standard InChI is InChI=1S/C33H36N2O4/c1-34-27-19-25(39-2)13-14-26(27)29-30(34)28(20-36)35(32(38)24-11-7-4-8-12-24)21-33(29)17-15-23(16-18-33)31(37)22-9-5-3-6-10-22/h3-14,19,23,28-30,36H,15-18,20-21H2,1-2H3. The third-order valence-corrected chi connectivity index (χ3v) is 9.56. The minimum absolute atomic E-state index is 0.0141. The summed E-state index contributed by atoms with van der Waals surface area (Å²) in [6, 6.07) is 24.8. The fourth-order valence-corrected chi connectivity index (χ4v) is 7.64. The van der Waals surface area contributed by atoms with Crippen LogP contribution < -0.4 is 9.64 Å². The van der Waals surface area contributed by atoms with Crippen LogP contribution >= 0.6 is 0 Å². The third-order valence-electron chi connectivity index (χ3n) is 9.56. The van der Waals surface area contributed by atoms with Crippen molar-refractivity contribution in [2.24, 2.45) is 11.3 Å². The average molecular weight is 525 g/mol. The van der Waals surface area contributed by atoms with Crippen molar-refractivity contribution in [3.8, 4) is 5.75 Å². The number of aliphatic hydroxyl groups excluding tert-OH is 1. The maximum atomic E-state index is 13.9. The number of ether oxygens (including phenoxy) is 1. The van der Waals surface area contributed by atoms with Gasteiger partial charge in [-0.2, -0.15) is 0 Å². The zero-order chi connectivity index (χ0) is 27.1. The van der Waals surface area contributed by atoms with Crippen molar-refractivity contribution in [2.75, 3.05) is 32.2 Å². The van der Waals surface area contributed by atoms with Crippen LogP contribution in [0.2, 0.25) is 0 Å². The molecule has 2 fully saturated rings. The molecule has 1 amide bonds. The van der Waals surface area contributed by atoms with E-state index in [1.807, 2.05) is 71.6 Å². The van der Waals surface area contributed by atoms with Crippen molar-refractivity contribution in [3.63, 3.8) is 0 Å². The number of amides is 1. The van der Waals surface area contributed by atoms with Gasteiger partial charge in [-0.1, -0.05) is 54.6 Å². The Hall–Kier alpha value is -3.64. The van der Waals surface area contributed by atoms with Crippen LogP contribution in [0, 0.1) is 11.3 Å². The Morgan fingerprint density at radius 2 is 1.59 bits per heavy atom. The van der Waals surface area contributed by atoms with Crippen LogP contribution in [-0.4, -0.2) is 61.1 Å². The number of piperidine rings is 1. The molecule has 0 aromatic heterocycles. The van der Waals surface area contributed by atoms with Gasteiger partial charge in [0.2, 0.25) is 0 Å². The molecule has 0 bridgehead atoms. The number of fused-ring (bicyclic) bond motifs is 4.